The highest BCUT2D eigenvalue weighted by molar-refractivity contribution is 8.24. The van der Waals surface area contributed by atoms with Gasteiger partial charge in [0, 0.05) is 24.2 Å². The third-order valence-corrected chi connectivity index (χ3v) is 6.54. The van der Waals surface area contributed by atoms with Crippen LogP contribution in [0.15, 0.2) is 24.7 Å². The number of amides is 2. The molecule has 0 radical (unpaired) electrons. The van der Waals surface area contributed by atoms with Crippen LogP contribution in [0.2, 0.25) is 0 Å². The molecule has 2 aromatic rings. The maximum Gasteiger partial charge on any atom is 0.243 e. The van der Waals surface area contributed by atoms with Gasteiger partial charge >= 0.3 is 0 Å². The van der Waals surface area contributed by atoms with Gasteiger partial charge in [-0.05, 0) is 18.9 Å². The van der Waals surface area contributed by atoms with Crippen LogP contribution in [-0.4, -0.2) is 65.5 Å². The van der Waals surface area contributed by atoms with Gasteiger partial charge in [0.05, 0.1) is 36.1 Å². The van der Waals surface area contributed by atoms with Crippen molar-refractivity contribution in [3.63, 3.8) is 0 Å². The lowest BCUT2D eigenvalue weighted by atomic mass is 10.1. The minimum absolute atomic E-state index is 0.0579. The summed E-state index contributed by atoms with van der Waals surface area (Å²) in [6.07, 6.45) is 6.22. The van der Waals surface area contributed by atoms with Crippen LogP contribution in [0, 0.1) is 17.2 Å². The number of carbonyl (C=O) groups excluding carboxylic acids is 2. The minimum Gasteiger partial charge on any atom is -0.374 e. The molecule has 3 heterocycles. The number of nitrogens with one attached hydrogen (secondary N) is 2. The first-order valence-corrected chi connectivity index (χ1v) is 11.5. The van der Waals surface area contributed by atoms with Gasteiger partial charge in [-0.2, -0.15) is 15.9 Å². The number of hydrogen-bond donors (Lipinski definition) is 4. The normalized spacial score (nSPS) is 18.2. The largest absolute Gasteiger partial charge is 0.374 e. The summed E-state index contributed by atoms with van der Waals surface area (Å²) in [6, 6.07) is 3.61. The van der Waals surface area contributed by atoms with Crippen molar-refractivity contribution in [2.45, 2.75) is 12.8 Å². The Morgan fingerprint density at radius 1 is 1.23 bits per heavy atom. The summed E-state index contributed by atoms with van der Waals surface area (Å²) in [5, 5.41) is 14.9. The minimum atomic E-state index is -2.72. The number of hydrogen-bond acceptors (Lipinski definition) is 9. The molecule has 0 atom stereocenters. The predicted octanol–water partition coefficient (Wildman–Crippen LogP) is 1.72. The van der Waals surface area contributed by atoms with Crippen LogP contribution in [0.25, 0.3) is 11.3 Å². The Bertz CT molecular complexity index is 1050. The number of aromatic nitrogens is 3. The fourth-order valence-corrected chi connectivity index (χ4v) is 4.47. The van der Waals surface area contributed by atoms with E-state index in [2.05, 4.69) is 25.6 Å². The van der Waals surface area contributed by atoms with E-state index < -0.39 is 10.6 Å². The molecule has 0 spiro atoms. The summed E-state index contributed by atoms with van der Waals surface area (Å²) in [5.74, 6) is 0.168. The van der Waals surface area contributed by atoms with Gasteiger partial charge in [0.15, 0.2) is 11.5 Å². The molecule has 1 saturated heterocycles. The molecule has 1 aliphatic carbocycles. The Morgan fingerprint density at radius 2 is 2.03 bits per heavy atom. The van der Waals surface area contributed by atoms with E-state index in [4.69, 9.17) is 0 Å². The van der Waals surface area contributed by atoms with Crippen molar-refractivity contribution in [2.24, 2.45) is 5.92 Å². The average molecular weight is 443 g/mol. The fraction of sp³-hybridized carbons (Fsp3) is 0.368. The molecule has 2 fully saturated rings. The van der Waals surface area contributed by atoms with Gasteiger partial charge in [-0.1, -0.05) is 0 Å². The molecule has 1 aliphatic heterocycles. The zero-order valence-electron chi connectivity index (χ0n) is 16.5. The number of nitriles is 1. The first kappa shape index (κ1) is 21.0. The number of anilines is 2. The first-order valence-electron chi connectivity index (χ1n) is 9.63. The Kier molecular flexibility index (Phi) is 5.73. The van der Waals surface area contributed by atoms with Crippen molar-refractivity contribution >= 4 is 33.9 Å². The number of nitrogens with zero attached hydrogens (tertiary/aromatic N) is 5. The molecule has 31 heavy (non-hydrogen) atoms. The summed E-state index contributed by atoms with van der Waals surface area (Å²) in [5.41, 5.74) is 1.54. The zero-order chi connectivity index (χ0) is 22.0. The highest BCUT2D eigenvalue weighted by Crippen LogP contribution is 2.43. The lowest BCUT2D eigenvalue weighted by Crippen LogP contribution is -2.33. The monoisotopic (exact) mass is 443 g/mol. The van der Waals surface area contributed by atoms with Crippen LogP contribution in [0.3, 0.4) is 0 Å². The van der Waals surface area contributed by atoms with Gasteiger partial charge in [0.2, 0.25) is 11.8 Å². The van der Waals surface area contributed by atoms with Crippen molar-refractivity contribution in [1.29, 1.82) is 5.26 Å². The summed E-state index contributed by atoms with van der Waals surface area (Å²) < 4.78 is 19.4. The van der Waals surface area contributed by atoms with Crippen LogP contribution in [0.4, 0.5) is 11.5 Å². The summed E-state index contributed by atoms with van der Waals surface area (Å²) in [4.78, 5) is 38.1. The quantitative estimate of drug-likeness (QED) is 0.520. The van der Waals surface area contributed by atoms with Gasteiger partial charge < -0.3 is 15.5 Å². The molecule has 0 aromatic carbocycles. The SMILES string of the molecule is N#Cc1ncc(-c2cnc(NC(=O)C3CC3)cn2)cc1NCC(=O)N1CCS(O)(O)C1. The molecule has 2 amide bonds. The van der Waals surface area contributed by atoms with E-state index >= 15 is 0 Å². The van der Waals surface area contributed by atoms with E-state index in [1.54, 1.807) is 6.07 Å². The Morgan fingerprint density at radius 3 is 2.65 bits per heavy atom. The van der Waals surface area contributed by atoms with E-state index in [9.17, 15) is 24.0 Å². The summed E-state index contributed by atoms with van der Waals surface area (Å²) >= 11 is 0. The van der Waals surface area contributed by atoms with Crippen LogP contribution in [0.5, 0.6) is 0 Å². The molecule has 0 unspecified atom stereocenters. The van der Waals surface area contributed by atoms with Gasteiger partial charge in [-0.15, -0.1) is 0 Å². The molecule has 4 N–H and O–H groups in total. The van der Waals surface area contributed by atoms with Crippen LogP contribution in [0.1, 0.15) is 18.5 Å². The van der Waals surface area contributed by atoms with E-state index in [0.29, 0.717) is 22.8 Å². The van der Waals surface area contributed by atoms with E-state index in [1.165, 1.54) is 23.5 Å². The van der Waals surface area contributed by atoms with Crippen molar-refractivity contribution in [3.8, 4) is 17.3 Å². The van der Waals surface area contributed by atoms with Gasteiger partial charge in [-0.25, -0.2) is 9.97 Å². The predicted molar refractivity (Wildman–Crippen MR) is 114 cm³/mol. The molecule has 11 nitrogen and oxygen atoms in total. The summed E-state index contributed by atoms with van der Waals surface area (Å²) in [6.45, 7) is 0.165. The standard InChI is InChI=1S/C19H21N7O4S/c20-6-15-14(23-10-18(27)26-3-4-31(29,30)11-26)5-13(7-21-15)16-8-24-17(9-22-16)25-19(28)12-1-2-12/h5,7-9,12,23,29-30H,1-4,10-11H2,(H,24,25,28). The van der Waals surface area contributed by atoms with Crippen molar-refractivity contribution in [1.82, 2.24) is 19.9 Å². The Labute approximate surface area is 179 Å². The number of rotatable bonds is 6. The average Bonchev–Trinajstić information content (AvgIpc) is 3.55. The maximum absolute atomic E-state index is 12.3. The second-order valence-corrected chi connectivity index (χ2v) is 9.70. The van der Waals surface area contributed by atoms with Crippen LogP contribution < -0.4 is 10.6 Å². The molecule has 12 heteroatoms. The van der Waals surface area contributed by atoms with E-state index in [0.717, 1.165) is 12.8 Å². The molecule has 2 aromatic heterocycles. The second-order valence-electron chi connectivity index (χ2n) is 7.43. The molecule has 2 aliphatic rings. The topological polar surface area (TPSA) is 164 Å². The Hall–Kier alpha value is -3.27. The molecule has 0 bridgehead atoms. The molecule has 4 rings (SSSR count). The molecular weight excluding hydrogens is 422 g/mol. The van der Waals surface area contributed by atoms with Crippen molar-refractivity contribution in [3.05, 3.63) is 30.4 Å². The lowest BCUT2D eigenvalue weighted by molar-refractivity contribution is -0.127. The van der Waals surface area contributed by atoms with Crippen molar-refractivity contribution in [2.75, 3.05) is 35.4 Å². The van der Waals surface area contributed by atoms with Crippen molar-refractivity contribution < 1.29 is 18.7 Å². The zero-order valence-corrected chi connectivity index (χ0v) is 17.3. The second kappa shape index (κ2) is 8.46. The highest BCUT2D eigenvalue weighted by atomic mass is 32.3. The first-order chi connectivity index (χ1) is 14.8. The summed E-state index contributed by atoms with van der Waals surface area (Å²) in [7, 11) is -2.72. The number of carbonyl (C=O) groups is 2. The molecule has 1 saturated carbocycles. The van der Waals surface area contributed by atoms with Gasteiger partial charge in [-0.3, -0.25) is 23.7 Å². The fourth-order valence-electron chi connectivity index (χ4n) is 3.06. The smallest absolute Gasteiger partial charge is 0.243 e. The maximum atomic E-state index is 12.3. The van der Waals surface area contributed by atoms with Crippen LogP contribution in [-0.2, 0) is 9.59 Å². The molecule has 162 valence electrons. The Balaban J connectivity index is 1.44. The highest BCUT2D eigenvalue weighted by Gasteiger charge is 2.30. The third kappa shape index (κ3) is 5.08. The lowest BCUT2D eigenvalue weighted by Gasteiger charge is -2.26. The molecular formula is C19H21N7O4S. The van der Waals surface area contributed by atoms with Gasteiger partial charge in [0.25, 0.3) is 0 Å². The van der Waals surface area contributed by atoms with E-state index in [-0.39, 0.29) is 48.1 Å². The number of pyridine rings is 1. The third-order valence-electron chi connectivity index (χ3n) is 4.97. The van der Waals surface area contributed by atoms with Gasteiger partial charge in [0.1, 0.15) is 11.9 Å². The van der Waals surface area contributed by atoms with E-state index in [1.807, 2.05) is 6.07 Å². The van der Waals surface area contributed by atoms with Crippen LogP contribution >= 0.6 is 10.6 Å².